The number of carboxylic acid groups (broad SMARTS) is 1. The number of quaternary nitrogens is 1. The molecule has 2 unspecified atom stereocenters. The van der Waals surface area contributed by atoms with Gasteiger partial charge in [0, 0.05) is 6.42 Å². The second-order valence-corrected chi connectivity index (χ2v) is 7.73. The Kier molecular flexibility index (Phi) is 11.7. The quantitative estimate of drug-likeness (QED) is 0.374. The molecule has 2 atom stereocenters. The van der Waals surface area contributed by atoms with Gasteiger partial charge >= 0.3 is 5.97 Å². The second-order valence-electron chi connectivity index (χ2n) is 7.73. The van der Waals surface area contributed by atoms with E-state index in [2.05, 4.69) is 12.2 Å². The maximum absolute atomic E-state index is 12.2. The summed E-state index contributed by atoms with van der Waals surface area (Å²) in [5.74, 6) is -0.862. The van der Waals surface area contributed by atoms with Gasteiger partial charge in [-0.15, -0.1) is 0 Å². The number of hydrogen-bond acceptors (Lipinski definition) is 2. The van der Waals surface area contributed by atoms with Gasteiger partial charge in [0.1, 0.15) is 0 Å². The number of carbonyl (C=O) groups is 2. The van der Waals surface area contributed by atoms with Crippen LogP contribution >= 0.6 is 0 Å². The van der Waals surface area contributed by atoms with Crippen LogP contribution in [0.25, 0.3) is 0 Å². The van der Waals surface area contributed by atoms with E-state index in [9.17, 15) is 14.7 Å². The van der Waals surface area contributed by atoms with Crippen molar-refractivity contribution in [1.29, 1.82) is 0 Å². The third kappa shape index (κ3) is 9.91. The van der Waals surface area contributed by atoms with Gasteiger partial charge in [-0.25, -0.2) is 4.79 Å². The Morgan fingerprint density at radius 1 is 0.917 bits per heavy atom. The van der Waals surface area contributed by atoms with Crippen LogP contribution in [0.1, 0.15) is 78.1 Å². The SMILES string of the molecule is CCCCCCCCCC(=O)NC(CCC)C(C(=O)O)[N+](C)(C)C. The first-order chi connectivity index (χ1) is 11.2. The molecule has 142 valence electrons. The van der Waals surface area contributed by atoms with Crippen molar-refractivity contribution in [2.24, 2.45) is 0 Å². The summed E-state index contributed by atoms with van der Waals surface area (Å²) in [6.45, 7) is 4.22. The van der Waals surface area contributed by atoms with E-state index in [0.29, 0.717) is 17.3 Å². The molecule has 0 aromatic rings. The lowest BCUT2D eigenvalue weighted by atomic mass is 10.00. The van der Waals surface area contributed by atoms with E-state index in [0.717, 1.165) is 19.3 Å². The lowest BCUT2D eigenvalue weighted by Crippen LogP contribution is -2.60. The van der Waals surface area contributed by atoms with E-state index in [1.54, 1.807) is 0 Å². The molecule has 0 bridgehead atoms. The summed E-state index contributed by atoms with van der Waals surface area (Å²) >= 11 is 0. The number of nitrogens with one attached hydrogen (secondary N) is 1. The molecule has 0 aliphatic heterocycles. The van der Waals surface area contributed by atoms with Crippen LogP contribution in [0.3, 0.4) is 0 Å². The Morgan fingerprint density at radius 2 is 1.46 bits per heavy atom. The third-order valence-corrected chi connectivity index (χ3v) is 4.42. The summed E-state index contributed by atoms with van der Waals surface area (Å²) in [6.07, 6.45) is 10.3. The summed E-state index contributed by atoms with van der Waals surface area (Å²) in [5.41, 5.74) is 0. The van der Waals surface area contributed by atoms with Crippen LogP contribution in [0.5, 0.6) is 0 Å². The van der Waals surface area contributed by atoms with E-state index in [1.165, 1.54) is 32.1 Å². The zero-order valence-corrected chi connectivity index (χ0v) is 16.4. The molecular formula is C19H39N2O3+. The van der Waals surface area contributed by atoms with Gasteiger partial charge in [0.05, 0.1) is 27.2 Å². The fourth-order valence-electron chi connectivity index (χ4n) is 3.18. The van der Waals surface area contributed by atoms with Crippen molar-refractivity contribution in [2.45, 2.75) is 90.1 Å². The molecule has 0 aliphatic rings. The summed E-state index contributed by atoms with van der Waals surface area (Å²) in [5, 5.41) is 12.6. The normalized spacial score (nSPS) is 14.2. The van der Waals surface area contributed by atoms with E-state index in [1.807, 2.05) is 28.1 Å². The van der Waals surface area contributed by atoms with Crippen molar-refractivity contribution in [1.82, 2.24) is 5.32 Å². The number of likely N-dealkylation sites (N-methyl/N-ethyl adjacent to an activating group) is 1. The average molecular weight is 344 g/mol. The molecule has 2 N–H and O–H groups in total. The fraction of sp³-hybridized carbons (Fsp3) is 0.895. The highest BCUT2D eigenvalue weighted by molar-refractivity contribution is 5.78. The van der Waals surface area contributed by atoms with Gasteiger partial charge in [-0.3, -0.25) is 4.79 Å². The maximum atomic E-state index is 12.2. The fourth-order valence-corrected chi connectivity index (χ4v) is 3.18. The molecule has 0 radical (unpaired) electrons. The largest absolute Gasteiger partial charge is 0.477 e. The molecular weight excluding hydrogens is 304 g/mol. The highest BCUT2D eigenvalue weighted by Gasteiger charge is 2.39. The van der Waals surface area contributed by atoms with Crippen molar-refractivity contribution < 1.29 is 19.2 Å². The standard InChI is InChI=1S/C19H38N2O3/c1-6-8-9-10-11-12-13-15-17(22)20-16(14-7-2)18(19(23)24)21(3,4)5/h16,18H,6-15H2,1-5H3,(H-,20,22,23,24)/p+1. The van der Waals surface area contributed by atoms with E-state index in [4.69, 9.17) is 0 Å². The molecule has 0 aromatic carbocycles. The molecule has 0 fully saturated rings. The number of amides is 1. The zero-order chi connectivity index (χ0) is 18.6. The van der Waals surface area contributed by atoms with E-state index < -0.39 is 12.0 Å². The van der Waals surface area contributed by atoms with Gasteiger partial charge in [-0.2, -0.15) is 0 Å². The van der Waals surface area contributed by atoms with E-state index in [-0.39, 0.29) is 11.9 Å². The van der Waals surface area contributed by atoms with Gasteiger partial charge in [-0.1, -0.05) is 58.8 Å². The Bertz CT molecular complexity index is 364. The molecule has 0 aliphatic carbocycles. The minimum atomic E-state index is -0.850. The van der Waals surface area contributed by atoms with Crippen molar-refractivity contribution in [3.05, 3.63) is 0 Å². The molecule has 0 saturated carbocycles. The molecule has 0 rings (SSSR count). The molecule has 0 aromatic heterocycles. The molecule has 5 nitrogen and oxygen atoms in total. The van der Waals surface area contributed by atoms with Crippen molar-refractivity contribution in [2.75, 3.05) is 21.1 Å². The minimum absolute atomic E-state index is 0.0123. The monoisotopic (exact) mass is 343 g/mol. The highest BCUT2D eigenvalue weighted by Crippen LogP contribution is 2.14. The van der Waals surface area contributed by atoms with Gasteiger partial charge in [-0.05, 0) is 12.8 Å². The predicted molar refractivity (Wildman–Crippen MR) is 98.9 cm³/mol. The Balaban J connectivity index is 4.35. The van der Waals surface area contributed by atoms with Crippen LogP contribution in [-0.2, 0) is 9.59 Å². The van der Waals surface area contributed by atoms with E-state index >= 15 is 0 Å². The minimum Gasteiger partial charge on any atom is -0.477 e. The van der Waals surface area contributed by atoms with Crippen LogP contribution in [-0.4, -0.2) is 54.7 Å². The Labute approximate surface area is 148 Å². The van der Waals surface area contributed by atoms with Crippen LogP contribution in [0, 0.1) is 0 Å². The number of carboxylic acids is 1. The molecule has 0 heterocycles. The highest BCUT2D eigenvalue weighted by atomic mass is 16.4. The first-order valence-corrected chi connectivity index (χ1v) is 9.57. The first kappa shape index (κ1) is 22.9. The zero-order valence-electron chi connectivity index (χ0n) is 16.4. The van der Waals surface area contributed by atoms with Crippen molar-refractivity contribution in [3.8, 4) is 0 Å². The van der Waals surface area contributed by atoms with Crippen LogP contribution in [0.15, 0.2) is 0 Å². The van der Waals surface area contributed by atoms with Crippen molar-refractivity contribution >= 4 is 11.9 Å². The molecule has 0 spiro atoms. The maximum Gasteiger partial charge on any atom is 0.364 e. The summed E-state index contributed by atoms with van der Waals surface area (Å²) in [6, 6.07) is -0.938. The number of hydrogen-bond donors (Lipinski definition) is 2. The number of nitrogens with zero attached hydrogens (tertiary/aromatic N) is 1. The average Bonchev–Trinajstić information content (AvgIpc) is 2.44. The molecule has 0 saturated heterocycles. The Morgan fingerprint density at radius 3 is 1.92 bits per heavy atom. The predicted octanol–water partition coefficient (Wildman–Crippen LogP) is 3.57. The smallest absolute Gasteiger partial charge is 0.364 e. The molecule has 5 heteroatoms. The first-order valence-electron chi connectivity index (χ1n) is 9.57. The topological polar surface area (TPSA) is 66.4 Å². The summed E-state index contributed by atoms with van der Waals surface area (Å²) in [4.78, 5) is 23.9. The van der Waals surface area contributed by atoms with Crippen LogP contribution in [0.2, 0.25) is 0 Å². The summed E-state index contributed by atoms with van der Waals surface area (Å²) in [7, 11) is 5.59. The van der Waals surface area contributed by atoms with Gasteiger partial charge < -0.3 is 14.9 Å². The van der Waals surface area contributed by atoms with Gasteiger partial charge in [0.25, 0.3) is 0 Å². The van der Waals surface area contributed by atoms with Crippen LogP contribution < -0.4 is 5.32 Å². The summed E-state index contributed by atoms with van der Waals surface area (Å²) < 4.78 is 0.303. The number of carbonyl (C=O) groups excluding carboxylic acids is 1. The number of aliphatic carboxylic acids is 1. The Hall–Kier alpha value is -1.10. The lowest BCUT2D eigenvalue weighted by Gasteiger charge is -2.36. The van der Waals surface area contributed by atoms with Gasteiger partial charge in [0.15, 0.2) is 0 Å². The second kappa shape index (κ2) is 12.3. The third-order valence-electron chi connectivity index (χ3n) is 4.42. The van der Waals surface area contributed by atoms with Crippen LogP contribution in [0.4, 0.5) is 0 Å². The number of unbranched alkanes of at least 4 members (excludes halogenated alkanes) is 6. The number of rotatable bonds is 14. The molecule has 24 heavy (non-hydrogen) atoms. The van der Waals surface area contributed by atoms with Crippen molar-refractivity contribution in [3.63, 3.8) is 0 Å². The lowest BCUT2D eigenvalue weighted by molar-refractivity contribution is -0.888. The van der Waals surface area contributed by atoms with Gasteiger partial charge in [0.2, 0.25) is 11.9 Å². The molecule has 1 amide bonds.